The zero-order chi connectivity index (χ0) is 15.5. The van der Waals surface area contributed by atoms with Gasteiger partial charge in [0.2, 0.25) is 0 Å². The van der Waals surface area contributed by atoms with Crippen molar-refractivity contribution in [3.8, 4) is 0 Å². The molecule has 0 spiro atoms. The van der Waals surface area contributed by atoms with Crippen LogP contribution in [0.25, 0.3) is 0 Å². The molecule has 1 aliphatic carbocycles. The average molecular weight is 301 g/mol. The number of aliphatic hydroxyl groups excluding tert-OH is 1. The molecule has 0 saturated heterocycles. The fraction of sp³-hybridized carbons (Fsp3) is 1.00. The molecule has 4 nitrogen and oxygen atoms in total. The van der Waals surface area contributed by atoms with Gasteiger partial charge in [-0.15, -0.1) is 0 Å². The van der Waals surface area contributed by atoms with Crippen LogP contribution in [-0.2, 0) is 9.47 Å². The van der Waals surface area contributed by atoms with E-state index in [4.69, 9.17) is 9.47 Å². The molecule has 2 N–H and O–H groups in total. The zero-order valence-electron chi connectivity index (χ0n) is 14.1. The molecule has 21 heavy (non-hydrogen) atoms. The molecule has 4 heteroatoms. The van der Waals surface area contributed by atoms with Gasteiger partial charge in [-0.05, 0) is 38.6 Å². The van der Waals surface area contributed by atoms with E-state index in [2.05, 4.69) is 12.2 Å². The molecule has 0 aromatic rings. The first-order valence-corrected chi connectivity index (χ1v) is 8.66. The second kappa shape index (κ2) is 11.4. The summed E-state index contributed by atoms with van der Waals surface area (Å²) in [5.41, 5.74) is 0. The van der Waals surface area contributed by atoms with Crippen molar-refractivity contribution in [1.82, 2.24) is 5.32 Å². The van der Waals surface area contributed by atoms with Crippen LogP contribution in [0.4, 0.5) is 0 Å². The van der Waals surface area contributed by atoms with Crippen molar-refractivity contribution in [3.05, 3.63) is 0 Å². The molecule has 0 bridgehead atoms. The first-order chi connectivity index (χ1) is 10.1. The number of aliphatic hydroxyl groups is 1. The maximum atomic E-state index is 9.80. The summed E-state index contributed by atoms with van der Waals surface area (Å²) >= 11 is 0. The lowest BCUT2D eigenvalue weighted by atomic mass is 9.81. The smallest absolute Gasteiger partial charge is 0.0897 e. The highest BCUT2D eigenvalue weighted by Crippen LogP contribution is 2.29. The monoisotopic (exact) mass is 301 g/mol. The highest BCUT2D eigenvalue weighted by molar-refractivity contribution is 4.71. The summed E-state index contributed by atoms with van der Waals surface area (Å²) in [6.45, 7) is 9.53. The molecule has 1 aliphatic rings. The van der Waals surface area contributed by atoms with E-state index < -0.39 is 6.10 Å². The molecular weight excluding hydrogens is 266 g/mol. The summed E-state index contributed by atoms with van der Waals surface area (Å²) < 4.78 is 10.8. The van der Waals surface area contributed by atoms with Crippen molar-refractivity contribution < 1.29 is 14.6 Å². The van der Waals surface area contributed by atoms with E-state index in [1.807, 2.05) is 13.8 Å². The maximum Gasteiger partial charge on any atom is 0.0897 e. The van der Waals surface area contributed by atoms with Gasteiger partial charge in [-0.3, -0.25) is 0 Å². The van der Waals surface area contributed by atoms with E-state index in [-0.39, 0.29) is 6.10 Å². The Bertz CT molecular complexity index is 240. The molecule has 1 saturated carbocycles. The fourth-order valence-electron chi connectivity index (χ4n) is 2.81. The first-order valence-electron chi connectivity index (χ1n) is 8.66. The minimum atomic E-state index is -0.421. The molecule has 0 heterocycles. The summed E-state index contributed by atoms with van der Waals surface area (Å²) in [7, 11) is 0. The average Bonchev–Trinajstić information content (AvgIpc) is 2.45. The first kappa shape index (κ1) is 18.9. The van der Waals surface area contributed by atoms with Gasteiger partial charge < -0.3 is 19.9 Å². The Morgan fingerprint density at radius 1 is 1.14 bits per heavy atom. The Labute approximate surface area is 130 Å². The third kappa shape index (κ3) is 10.2. The van der Waals surface area contributed by atoms with Crippen LogP contribution in [0.5, 0.6) is 0 Å². The summed E-state index contributed by atoms with van der Waals surface area (Å²) in [6.07, 6.45) is 6.59. The normalized spacial score (nSPS) is 24.4. The van der Waals surface area contributed by atoms with E-state index in [9.17, 15) is 5.11 Å². The number of hydrogen-bond donors (Lipinski definition) is 2. The Balaban J connectivity index is 1.88. The zero-order valence-corrected chi connectivity index (χ0v) is 14.1. The summed E-state index contributed by atoms with van der Waals surface area (Å²) in [5.74, 6) is 1.81. The molecule has 0 aliphatic heterocycles. The molecule has 126 valence electrons. The molecule has 0 radical (unpaired) electrons. The summed E-state index contributed by atoms with van der Waals surface area (Å²) in [5, 5.41) is 13.1. The quantitative estimate of drug-likeness (QED) is 0.576. The van der Waals surface area contributed by atoms with E-state index in [1.165, 1.54) is 32.1 Å². The highest BCUT2D eigenvalue weighted by Gasteiger charge is 2.17. The SMILES string of the molecule is CC1CCC(CCNCC(O)COCCOC(C)C)CC1. The molecule has 1 atom stereocenters. The maximum absolute atomic E-state index is 9.80. The van der Waals surface area contributed by atoms with Gasteiger partial charge >= 0.3 is 0 Å². The van der Waals surface area contributed by atoms with Gasteiger partial charge in [-0.1, -0.05) is 32.6 Å². The van der Waals surface area contributed by atoms with Crippen molar-refractivity contribution in [2.45, 2.75) is 65.1 Å². The minimum Gasteiger partial charge on any atom is -0.389 e. The Hall–Kier alpha value is -0.160. The van der Waals surface area contributed by atoms with Crippen LogP contribution in [0.3, 0.4) is 0 Å². The standard InChI is InChI=1S/C17H35NO3/c1-14(2)21-11-10-20-13-17(19)12-18-9-8-16-6-4-15(3)5-7-16/h14-19H,4-13H2,1-3H3. The van der Waals surface area contributed by atoms with Gasteiger partial charge in [0.15, 0.2) is 0 Å². The van der Waals surface area contributed by atoms with Gasteiger partial charge in [-0.2, -0.15) is 0 Å². The number of nitrogens with one attached hydrogen (secondary N) is 1. The summed E-state index contributed by atoms with van der Waals surface area (Å²) in [4.78, 5) is 0. The second-order valence-corrected chi connectivity index (χ2v) is 6.77. The highest BCUT2D eigenvalue weighted by atomic mass is 16.5. The van der Waals surface area contributed by atoms with Crippen LogP contribution < -0.4 is 5.32 Å². The lowest BCUT2D eigenvalue weighted by molar-refractivity contribution is -0.00998. The van der Waals surface area contributed by atoms with Gasteiger partial charge in [0.05, 0.1) is 32.0 Å². The van der Waals surface area contributed by atoms with Crippen molar-refractivity contribution >= 4 is 0 Å². The van der Waals surface area contributed by atoms with Crippen LogP contribution in [0.15, 0.2) is 0 Å². The van der Waals surface area contributed by atoms with Crippen LogP contribution in [-0.4, -0.2) is 50.2 Å². The van der Waals surface area contributed by atoms with Crippen molar-refractivity contribution in [1.29, 1.82) is 0 Å². The minimum absolute atomic E-state index is 0.239. The van der Waals surface area contributed by atoms with E-state index in [0.717, 1.165) is 18.4 Å². The third-order valence-electron chi connectivity index (χ3n) is 4.23. The molecular formula is C17H35NO3. The predicted molar refractivity (Wildman–Crippen MR) is 86.5 cm³/mol. The lowest BCUT2D eigenvalue weighted by Gasteiger charge is -2.26. The van der Waals surface area contributed by atoms with Crippen LogP contribution in [0.1, 0.15) is 52.9 Å². The summed E-state index contributed by atoms with van der Waals surface area (Å²) in [6, 6.07) is 0. The third-order valence-corrected chi connectivity index (χ3v) is 4.23. The van der Waals surface area contributed by atoms with Gasteiger partial charge in [-0.25, -0.2) is 0 Å². The molecule has 1 unspecified atom stereocenters. The van der Waals surface area contributed by atoms with Gasteiger partial charge in [0, 0.05) is 6.54 Å². The van der Waals surface area contributed by atoms with Crippen molar-refractivity contribution in [2.24, 2.45) is 11.8 Å². The topological polar surface area (TPSA) is 50.7 Å². The van der Waals surface area contributed by atoms with E-state index >= 15 is 0 Å². The lowest BCUT2D eigenvalue weighted by Crippen LogP contribution is -2.32. The molecule has 0 amide bonds. The number of rotatable bonds is 11. The Morgan fingerprint density at radius 2 is 1.86 bits per heavy atom. The Kier molecular flexibility index (Phi) is 10.3. The fourth-order valence-corrected chi connectivity index (χ4v) is 2.81. The number of ether oxygens (including phenoxy) is 2. The molecule has 0 aromatic heterocycles. The molecule has 1 fully saturated rings. The van der Waals surface area contributed by atoms with Crippen LogP contribution in [0, 0.1) is 11.8 Å². The number of hydrogen-bond acceptors (Lipinski definition) is 4. The molecule has 0 aromatic carbocycles. The second-order valence-electron chi connectivity index (χ2n) is 6.77. The van der Waals surface area contributed by atoms with Crippen molar-refractivity contribution in [3.63, 3.8) is 0 Å². The molecule has 1 rings (SSSR count). The largest absolute Gasteiger partial charge is 0.389 e. The van der Waals surface area contributed by atoms with Crippen LogP contribution >= 0.6 is 0 Å². The van der Waals surface area contributed by atoms with Crippen molar-refractivity contribution in [2.75, 3.05) is 32.9 Å². The van der Waals surface area contributed by atoms with E-state index in [0.29, 0.717) is 26.4 Å². The Morgan fingerprint density at radius 3 is 2.52 bits per heavy atom. The predicted octanol–water partition coefficient (Wildman–Crippen LogP) is 2.59. The van der Waals surface area contributed by atoms with E-state index in [1.54, 1.807) is 0 Å². The van der Waals surface area contributed by atoms with Crippen LogP contribution in [0.2, 0.25) is 0 Å². The van der Waals surface area contributed by atoms with Gasteiger partial charge in [0.1, 0.15) is 0 Å². The van der Waals surface area contributed by atoms with Gasteiger partial charge in [0.25, 0.3) is 0 Å².